The van der Waals surface area contributed by atoms with E-state index in [9.17, 15) is 18.0 Å². The minimum atomic E-state index is -1.04. The molecular weight excluding hydrogens is 385 g/mol. The number of hydrogen-bond acceptors (Lipinski definition) is 5. The summed E-state index contributed by atoms with van der Waals surface area (Å²) in [5, 5.41) is 2.60. The fourth-order valence-corrected chi connectivity index (χ4v) is 2.39. The molecular formula is C17H16ClF3N4O2. The summed E-state index contributed by atoms with van der Waals surface area (Å²) in [6.07, 6.45) is 2.19. The number of amides is 1. The number of benzene rings is 1. The molecule has 1 aliphatic heterocycles. The first kappa shape index (κ1) is 20.5. The fraction of sp³-hybridized carbons (Fsp3) is 0.235. The normalized spacial score (nSPS) is 15.7. The van der Waals surface area contributed by atoms with E-state index in [0.717, 1.165) is 6.07 Å². The van der Waals surface area contributed by atoms with Gasteiger partial charge in [-0.3, -0.25) is 9.78 Å². The summed E-state index contributed by atoms with van der Waals surface area (Å²) >= 11 is 5.41. The minimum absolute atomic E-state index is 0.0469. The first-order chi connectivity index (χ1) is 12.8. The number of pyridine rings is 1. The molecule has 0 spiro atoms. The number of carbonyl (C=O) groups excluding carboxylic acids is 1. The maximum absolute atomic E-state index is 13.7. The molecule has 1 aliphatic rings. The fourth-order valence-electron chi connectivity index (χ4n) is 2.24. The Labute approximate surface area is 158 Å². The molecule has 0 aliphatic carbocycles. The van der Waals surface area contributed by atoms with Gasteiger partial charge in [-0.25, -0.2) is 18.2 Å². The third-order valence-electron chi connectivity index (χ3n) is 3.56. The number of amidine groups is 1. The van der Waals surface area contributed by atoms with Gasteiger partial charge in [0.15, 0.2) is 11.6 Å². The van der Waals surface area contributed by atoms with Crippen molar-refractivity contribution in [3.8, 4) is 0 Å². The van der Waals surface area contributed by atoms with E-state index in [2.05, 4.69) is 15.3 Å². The molecule has 3 N–H and O–H groups in total. The van der Waals surface area contributed by atoms with Gasteiger partial charge in [0, 0.05) is 29.9 Å². The molecule has 1 amide bonds. The average Bonchev–Trinajstić information content (AvgIpc) is 2.62. The highest BCUT2D eigenvalue weighted by Gasteiger charge is 2.22. The van der Waals surface area contributed by atoms with Crippen molar-refractivity contribution in [3.63, 3.8) is 0 Å². The Morgan fingerprint density at radius 1 is 1.30 bits per heavy atom. The topological polar surface area (TPSA) is 89.6 Å². The third-order valence-corrected chi connectivity index (χ3v) is 3.76. The van der Waals surface area contributed by atoms with Crippen LogP contribution in [0.4, 0.5) is 18.9 Å². The van der Waals surface area contributed by atoms with Gasteiger partial charge in [0.2, 0.25) is 6.41 Å². The van der Waals surface area contributed by atoms with Gasteiger partial charge >= 0.3 is 0 Å². The summed E-state index contributed by atoms with van der Waals surface area (Å²) in [7, 11) is 0. The van der Waals surface area contributed by atoms with Crippen LogP contribution in [0.15, 0.2) is 29.4 Å². The molecule has 2 heterocycles. The molecule has 1 aromatic carbocycles. The van der Waals surface area contributed by atoms with E-state index in [1.165, 1.54) is 18.3 Å². The van der Waals surface area contributed by atoms with Gasteiger partial charge in [-0.2, -0.15) is 0 Å². The maximum atomic E-state index is 13.7. The van der Waals surface area contributed by atoms with Crippen molar-refractivity contribution in [3.05, 3.63) is 58.1 Å². The predicted octanol–water partition coefficient (Wildman–Crippen LogP) is 3.49. The summed E-state index contributed by atoms with van der Waals surface area (Å²) < 4.78 is 44.4. The number of hydrogen-bond donors (Lipinski definition) is 2. The molecule has 6 nitrogen and oxygen atoms in total. The van der Waals surface area contributed by atoms with Crippen molar-refractivity contribution >= 4 is 29.7 Å². The van der Waals surface area contributed by atoms with Crippen molar-refractivity contribution in [1.29, 1.82) is 0 Å². The molecule has 0 bridgehead atoms. The van der Waals surface area contributed by atoms with Gasteiger partial charge in [-0.1, -0.05) is 11.6 Å². The summed E-state index contributed by atoms with van der Waals surface area (Å²) in [6, 6.07) is 2.81. The Bertz CT molecular complexity index is 864. The molecule has 0 saturated carbocycles. The second-order valence-corrected chi connectivity index (χ2v) is 5.90. The molecule has 2 aromatic rings. The van der Waals surface area contributed by atoms with E-state index in [1.807, 2.05) is 0 Å². The molecule has 27 heavy (non-hydrogen) atoms. The second kappa shape index (κ2) is 9.22. The first-order valence-corrected chi connectivity index (χ1v) is 8.12. The Hall–Kier alpha value is -2.81. The lowest BCUT2D eigenvalue weighted by Crippen LogP contribution is -2.24. The summed E-state index contributed by atoms with van der Waals surface area (Å²) in [5.74, 6) is -2.39. The zero-order valence-electron chi connectivity index (χ0n) is 14.2. The lowest BCUT2D eigenvalue weighted by Gasteiger charge is -2.20. The van der Waals surface area contributed by atoms with Crippen molar-refractivity contribution in [1.82, 2.24) is 4.98 Å². The van der Waals surface area contributed by atoms with Crippen LogP contribution >= 0.6 is 11.6 Å². The number of anilines is 1. The van der Waals surface area contributed by atoms with Crippen LogP contribution in [-0.2, 0) is 9.53 Å². The number of carbonyl (C=O) groups is 1. The van der Waals surface area contributed by atoms with E-state index in [-0.39, 0.29) is 29.7 Å². The van der Waals surface area contributed by atoms with E-state index in [1.54, 1.807) is 6.92 Å². The van der Waals surface area contributed by atoms with E-state index in [0.29, 0.717) is 23.5 Å². The van der Waals surface area contributed by atoms with Gasteiger partial charge in [0.05, 0.1) is 23.4 Å². The molecule has 0 saturated heterocycles. The molecule has 1 aromatic heterocycles. The molecule has 0 fully saturated rings. The Morgan fingerprint density at radius 2 is 2.04 bits per heavy atom. The summed E-state index contributed by atoms with van der Waals surface area (Å²) in [6.45, 7) is 1.87. The number of nitrogens with one attached hydrogen (secondary N) is 1. The van der Waals surface area contributed by atoms with Crippen LogP contribution in [0.3, 0.4) is 0 Å². The Balaban J connectivity index is 0.000000244. The monoisotopic (exact) mass is 400 g/mol. The second-order valence-electron chi connectivity index (χ2n) is 5.46. The van der Waals surface area contributed by atoms with Crippen LogP contribution in [0.5, 0.6) is 0 Å². The summed E-state index contributed by atoms with van der Waals surface area (Å²) in [4.78, 5) is 17.9. The van der Waals surface area contributed by atoms with Crippen LogP contribution < -0.4 is 11.1 Å². The minimum Gasteiger partial charge on any atom is -0.465 e. The zero-order chi connectivity index (χ0) is 20.0. The summed E-state index contributed by atoms with van der Waals surface area (Å²) in [5.41, 5.74) is 5.97. The lowest BCUT2D eigenvalue weighted by atomic mass is 10.0. The average molecular weight is 401 g/mol. The van der Waals surface area contributed by atoms with Gasteiger partial charge in [0.1, 0.15) is 5.82 Å². The van der Waals surface area contributed by atoms with E-state index in [4.69, 9.17) is 22.1 Å². The number of rotatable bonds is 3. The standard InChI is InChI=1S/C11H11F2N3O2.C6H5ClFN/c12-8-4-6(15-5-17)3-7(10(8)13)9-1-2-18-11(14)16-9;1-4-6(8)2-5(7)3-9-4/h3-5,9H,1-2H2,(H2,14,16)(H,15,17);2-3H,1H3. The van der Waals surface area contributed by atoms with Gasteiger partial charge < -0.3 is 15.8 Å². The van der Waals surface area contributed by atoms with Crippen molar-refractivity contribution < 1.29 is 22.7 Å². The van der Waals surface area contributed by atoms with Crippen LogP contribution in [0.1, 0.15) is 23.7 Å². The number of aliphatic imine (C=N–C) groups is 1. The smallest absolute Gasteiger partial charge is 0.282 e. The number of aromatic nitrogens is 1. The maximum Gasteiger partial charge on any atom is 0.282 e. The number of halogens is 4. The van der Waals surface area contributed by atoms with Gasteiger partial charge in [-0.15, -0.1) is 0 Å². The Kier molecular flexibility index (Phi) is 7.00. The van der Waals surface area contributed by atoms with Crippen LogP contribution in [-0.4, -0.2) is 24.0 Å². The number of ether oxygens (including phenoxy) is 1. The largest absolute Gasteiger partial charge is 0.465 e. The highest BCUT2D eigenvalue weighted by molar-refractivity contribution is 6.30. The molecule has 1 unspecified atom stereocenters. The predicted molar refractivity (Wildman–Crippen MR) is 94.9 cm³/mol. The molecule has 0 radical (unpaired) electrons. The number of aryl methyl sites for hydroxylation is 1. The quantitative estimate of drug-likeness (QED) is 0.772. The van der Waals surface area contributed by atoms with Gasteiger partial charge in [0.25, 0.3) is 6.02 Å². The lowest BCUT2D eigenvalue weighted by molar-refractivity contribution is -0.105. The molecule has 3 rings (SSSR count). The third kappa shape index (κ3) is 5.58. The van der Waals surface area contributed by atoms with E-state index < -0.39 is 17.7 Å². The SMILES string of the molecule is Cc1ncc(Cl)cc1F.NC1=NC(c2cc(NC=O)cc(F)c2F)CCO1. The Morgan fingerprint density at radius 3 is 2.63 bits per heavy atom. The number of nitrogens with two attached hydrogens (primary N) is 1. The number of nitrogens with zero attached hydrogens (tertiary/aromatic N) is 2. The van der Waals surface area contributed by atoms with Crippen LogP contribution in [0, 0.1) is 24.4 Å². The first-order valence-electron chi connectivity index (χ1n) is 7.74. The van der Waals surface area contributed by atoms with Crippen molar-refractivity contribution in [2.45, 2.75) is 19.4 Å². The van der Waals surface area contributed by atoms with Gasteiger partial charge in [-0.05, 0) is 19.1 Å². The van der Waals surface area contributed by atoms with E-state index >= 15 is 0 Å². The molecule has 10 heteroatoms. The molecule has 144 valence electrons. The van der Waals surface area contributed by atoms with Crippen molar-refractivity contribution in [2.75, 3.05) is 11.9 Å². The van der Waals surface area contributed by atoms with Crippen LogP contribution in [0.2, 0.25) is 5.02 Å². The highest BCUT2D eigenvalue weighted by atomic mass is 35.5. The highest BCUT2D eigenvalue weighted by Crippen LogP contribution is 2.30. The van der Waals surface area contributed by atoms with Crippen LogP contribution in [0.25, 0.3) is 0 Å². The van der Waals surface area contributed by atoms with Crippen molar-refractivity contribution in [2.24, 2.45) is 10.7 Å². The molecule has 1 atom stereocenters. The zero-order valence-corrected chi connectivity index (χ0v) is 14.9.